The molecule has 0 aromatic heterocycles. The Hall–Kier alpha value is 0. The zero-order chi connectivity index (χ0) is 11.6. The number of hydrogen-bond acceptors (Lipinski definition) is 0. The Labute approximate surface area is 103 Å². The van der Waals surface area contributed by atoms with Gasteiger partial charge in [0.15, 0.2) is 0 Å². The van der Waals surface area contributed by atoms with Crippen molar-refractivity contribution in [2.45, 2.75) is 84.0 Å². The Balaban J connectivity index is 2.22. The van der Waals surface area contributed by atoms with Crippen molar-refractivity contribution < 1.29 is 0 Å². The fraction of sp³-hybridized carbons (Fsp3) is 0.938. The first kappa shape index (κ1) is 14.1. The van der Waals surface area contributed by atoms with Gasteiger partial charge in [-0.3, -0.25) is 0 Å². The molecule has 1 atom stereocenters. The van der Waals surface area contributed by atoms with Crippen molar-refractivity contribution in [3.05, 3.63) is 6.92 Å². The van der Waals surface area contributed by atoms with Gasteiger partial charge in [0.2, 0.25) is 0 Å². The molecule has 0 aromatic carbocycles. The Kier molecular flexibility index (Phi) is 7.98. The van der Waals surface area contributed by atoms with E-state index in [4.69, 9.17) is 0 Å². The van der Waals surface area contributed by atoms with E-state index in [0.717, 1.165) is 18.3 Å². The lowest BCUT2D eigenvalue weighted by Gasteiger charge is -2.30. The van der Waals surface area contributed by atoms with Crippen molar-refractivity contribution in [1.29, 1.82) is 0 Å². The van der Waals surface area contributed by atoms with E-state index in [0.29, 0.717) is 0 Å². The van der Waals surface area contributed by atoms with Crippen LogP contribution in [0.3, 0.4) is 0 Å². The quantitative estimate of drug-likeness (QED) is 0.458. The molecule has 1 rings (SSSR count). The van der Waals surface area contributed by atoms with E-state index < -0.39 is 0 Å². The van der Waals surface area contributed by atoms with E-state index in [9.17, 15) is 0 Å². The molecule has 1 fully saturated rings. The van der Waals surface area contributed by atoms with E-state index >= 15 is 0 Å². The third-order valence-corrected chi connectivity index (χ3v) is 4.32. The predicted molar refractivity (Wildman–Crippen MR) is 73.4 cm³/mol. The standard InChI is InChI=1S/C16H31/c1-3-5-6-8-12-15(11-4-2)16-13-9-7-10-14-16/h15-16H,2-14H2,1H3. The summed E-state index contributed by atoms with van der Waals surface area (Å²) < 4.78 is 0. The summed E-state index contributed by atoms with van der Waals surface area (Å²) in [6, 6.07) is 0. The monoisotopic (exact) mass is 223 g/mol. The van der Waals surface area contributed by atoms with Crippen LogP contribution in [0.2, 0.25) is 0 Å². The van der Waals surface area contributed by atoms with Crippen LogP contribution >= 0.6 is 0 Å². The fourth-order valence-electron chi connectivity index (χ4n) is 3.32. The van der Waals surface area contributed by atoms with Gasteiger partial charge in [-0.2, -0.15) is 0 Å². The van der Waals surface area contributed by atoms with Crippen LogP contribution in [-0.2, 0) is 0 Å². The van der Waals surface area contributed by atoms with Crippen molar-refractivity contribution in [1.82, 2.24) is 0 Å². The van der Waals surface area contributed by atoms with Crippen molar-refractivity contribution in [3.63, 3.8) is 0 Å². The molecule has 1 aliphatic rings. The summed E-state index contributed by atoms with van der Waals surface area (Å²) in [5.74, 6) is 2.06. The Morgan fingerprint density at radius 1 is 1.00 bits per heavy atom. The zero-order valence-electron chi connectivity index (χ0n) is 11.3. The van der Waals surface area contributed by atoms with Crippen LogP contribution < -0.4 is 0 Å². The maximum absolute atomic E-state index is 4.06. The number of rotatable bonds is 8. The minimum atomic E-state index is 1.01. The highest BCUT2D eigenvalue weighted by Crippen LogP contribution is 2.35. The Bertz CT molecular complexity index is 144. The lowest BCUT2D eigenvalue weighted by atomic mass is 9.76. The second-order valence-corrected chi connectivity index (χ2v) is 5.65. The van der Waals surface area contributed by atoms with E-state index in [1.165, 1.54) is 70.6 Å². The maximum atomic E-state index is 4.06. The number of hydrogen-bond donors (Lipinski definition) is 0. The lowest BCUT2D eigenvalue weighted by molar-refractivity contribution is 0.220. The van der Waals surface area contributed by atoms with Crippen molar-refractivity contribution in [3.8, 4) is 0 Å². The van der Waals surface area contributed by atoms with Gasteiger partial charge >= 0.3 is 0 Å². The molecule has 0 amide bonds. The highest BCUT2D eigenvalue weighted by atomic mass is 14.3. The highest BCUT2D eigenvalue weighted by Gasteiger charge is 2.22. The van der Waals surface area contributed by atoms with Gasteiger partial charge in [0.05, 0.1) is 0 Å². The normalized spacial score (nSPS) is 19.9. The molecule has 0 heterocycles. The molecule has 0 nitrogen and oxygen atoms in total. The van der Waals surface area contributed by atoms with Crippen LogP contribution in [0.25, 0.3) is 0 Å². The first-order chi connectivity index (χ1) is 7.88. The topological polar surface area (TPSA) is 0 Å². The summed E-state index contributed by atoms with van der Waals surface area (Å²) in [4.78, 5) is 0. The van der Waals surface area contributed by atoms with Gasteiger partial charge < -0.3 is 0 Å². The molecule has 95 valence electrons. The molecule has 0 spiro atoms. The smallest absolute Gasteiger partial charge is 0.0386 e. The highest BCUT2D eigenvalue weighted by molar-refractivity contribution is 4.74. The van der Waals surface area contributed by atoms with Gasteiger partial charge in [0.1, 0.15) is 0 Å². The largest absolute Gasteiger partial charge is 0.0654 e. The van der Waals surface area contributed by atoms with Gasteiger partial charge in [-0.15, -0.1) is 0 Å². The molecule has 0 saturated heterocycles. The summed E-state index contributed by atoms with van der Waals surface area (Å²) in [5.41, 5.74) is 0. The van der Waals surface area contributed by atoms with Crippen LogP contribution in [0.4, 0.5) is 0 Å². The summed E-state index contributed by atoms with van der Waals surface area (Å²) >= 11 is 0. The average Bonchev–Trinajstić information content (AvgIpc) is 2.34. The molecule has 0 aromatic rings. The zero-order valence-corrected chi connectivity index (χ0v) is 11.3. The van der Waals surface area contributed by atoms with E-state index in [-0.39, 0.29) is 0 Å². The first-order valence-electron chi connectivity index (χ1n) is 7.67. The van der Waals surface area contributed by atoms with Crippen molar-refractivity contribution in [2.24, 2.45) is 11.8 Å². The molecular formula is C16H31. The van der Waals surface area contributed by atoms with Gasteiger partial charge in [0, 0.05) is 0 Å². The van der Waals surface area contributed by atoms with E-state index in [2.05, 4.69) is 13.8 Å². The molecule has 16 heavy (non-hydrogen) atoms. The van der Waals surface area contributed by atoms with Crippen molar-refractivity contribution >= 4 is 0 Å². The summed E-state index contributed by atoms with van der Waals surface area (Å²) in [5, 5.41) is 0. The van der Waals surface area contributed by atoms with E-state index in [1.54, 1.807) is 0 Å². The van der Waals surface area contributed by atoms with Gasteiger partial charge in [-0.25, -0.2) is 0 Å². The van der Waals surface area contributed by atoms with Gasteiger partial charge in [-0.05, 0) is 11.8 Å². The second kappa shape index (κ2) is 9.07. The van der Waals surface area contributed by atoms with Crippen LogP contribution in [0, 0.1) is 18.8 Å². The third kappa shape index (κ3) is 5.37. The van der Waals surface area contributed by atoms with Crippen LogP contribution in [0.1, 0.15) is 84.0 Å². The predicted octanol–water partition coefficient (Wildman–Crippen LogP) is 5.77. The Morgan fingerprint density at radius 3 is 2.38 bits per heavy atom. The summed E-state index contributed by atoms with van der Waals surface area (Å²) in [6.45, 7) is 6.36. The number of unbranched alkanes of at least 4 members (excludes halogenated alkanes) is 3. The molecule has 1 unspecified atom stereocenters. The molecule has 0 bridgehead atoms. The van der Waals surface area contributed by atoms with E-state index in [1.807, 2.05) is 0 Å². The first-order valence-corrected chi connectivity index (χ1v) is 7.67. The third-order valence-electron chi connectivity index (χ3n) is 4.32. The van der Waals surface area contributed by atoms with Crippen LogP contribution in [0.15, 0.2) is 0 Å². The minimum absolute atomic E-state index is 1.01. The van der Waals surface area contributed by atoms with Crippen LogP contribution in [0.5, 0.6) is 0 Å². The SMILES string of the molecule is [CH2]CCC(CCCCCC)C1CCCCC1. The summed E-state index contributed by atoms with van der Waals surface area (Å²) in [6.07, 6.45) is 17.2. The second-order valence-electron chi connectivity index (χ2n) is 5.65. The lowest BCUT2D eigenvalue weighted by Crippen LogP contribution is -2.18. The molecule has 0 aliphatic heterocycles. The maximum Gasteiger partial charge on any atom is -0.0386 e. The van der Waals surface area contributed by atoms with Crippen LogP contribution in [-0.4, -0.2) is 0 Å². The fourth-order valence-corrected chi connectivity index (χ4v) is 3.32. The molecule has 1 aliphatic carbocycles. The molecule has 0 heteroatoms. The summed E-state index contributed by atoms with van der Waals surface area (Å²) in [7, 11) is 0. The Morgan fingerprint density at radius 2 is 1.75 bits per heavy atom. The van der Waals surface area contributed by atoms with Gasteiger partial charge in [0.25, 0.3) is 0 Å². The van der Waals surface area contributed by atoms with Gasteiger partial charge in [-0.1, -0.05) is 90.9 Å². The minimum Gasteiger partial charge on any atom is -0.0654 e. The molecule has 1 saturated carbocycles. The average molecular weight is 223 g/mol. The molecule has 1 radical (unpaired) electrons. The molecule has 0 N–H and O–H groups in total. The molecular weight excluding hydrogens is 192 g/mol. The van der Waals surface area contributed by atoms with Crippen molar-refractivity contribution in [2.75, 3.05) is 0 Å².